The molecular weight excluding hydrogens is 484 g/mol. The van der Waals surface area contributed by atoms with E-state index in [1.807, 2.05) is 20.8 Å². The topological polar surface area (TPSA) is 169 Å². The maximum absolute atomic E-state index is 12.0. The molecule has 4 amide bonds. The largest absolute Gasteiger partial charge is 0.460 e. The van der Waals surface area contributed by atoms with Crippen LogP contribution in [-0.4, -0.2) is 75.0 Å². The first-order chi connectivity index (χ1) is 17.2. The van der Waals surface area contributed by atoms with Crippen LogP contribution in [-0.2, 0) is 38.2 Å². The maximum atomic E-state index is 12.0. The number of nitrogens with one attached hydrogen (secondary N) is 4. The maximum Gasteiger partial charge on any atom is 0.333 e. The number of carbonyl (C=O) groups is 6. The average molecular weight is 525 g/mol. The monoisotopic (exact) mass is 524 g/mol. The molecular formula is C25H40N4O8. The lowest BCUT2D eigenvalue weighted by Crippen LogP contribution is -2.43. The zero-order valence-corrected chi connectivity index (χ0v) is 22.4. The lowest BCUT2D eigenvalue weighted by molar-refractivity contribution is -0.141. The van der Waals surface area contributed by atoms with Crippen LogP contribution in [0.3, 0.4) is 0 Å². The second-order valence-corrected chi connectivity index (χ2v) is 9.53. The molecule has 0 spiro atoms. The van der Waals surface area contributed by atoms with Crippen molar-refractivity contribution in [3.05, 3.63) is 24.3 Å². The summed E-state index contributed by atoms with van der Waals surface area (Å²) in [6.45, 7) is 16.2. The van der Waals surface area contributed by atoms with E-state index in [9.17, 15) is 28.8 Å². The molecule has 0 aromatic heterocycles. The fourth-order valence-electron chi connectivity index (χ4n) is 3.08. The van der Waals surface area contributed by atoms with Gasteiger partial charge in [0.15, 0.2) is 0 Å². The molecule has 0 bridgehead atoms. The highest BCUT2D eigenvalue weighted by atomic mass is 16.5. The lowest BCUT2D eigenvalue weighted by Gasteiger charge is -2.28. The van der Waals surface area contributed by atoms with Gasteiger partial charge in [0.2, 0.25) is 0 Å². The van der Waals surface area contributed by atoms with Crippen molar-refractivity contribution >= 4 is 35.6 Å². The molecule has 12 nitrogen and oxygen atoms in total. The van der Waals surface area contributed by atoms with Gasteiger partial charge in [-0.3, -0.25) is 19.2 Å². The van der Waals surface area contributed by atoms with Gasteiger partial charge in [-0.15, -0.1) is 0 Å². The van der Waals surface area contributed by atoms with Crippen molar-refractivity contribution < 1.29 is 38.2 Å². The second kappa shape index (κ2) is 16.9. The van der Waals surface area contributed by atoms with E-state index >= 15 is 0 Å². The van der Waals surface area contributed by atoms with Gasteiger partial charge in [0.25, 0.3) is 0 Å². The number of hydrogen-bond donors (Lipinski definition) is 4. The van der Waals surface area contributed by atoms with Crippen molar-refractivity contribution in [3.8, 4) is 0 Å². The first-order valence-electron chi connectivity index (χ1n) is 11.9. The number of esters is 2. The van der Waals surface area contributed by atoms with E-state index in [4.69, 9.17) is 9.47 Å². The van der Waals surface area contributed by atoms with E-state index < -0.39 is 35.6 Å². The molecule has 0 aliphatic heterocycles. The number of ether oxygens (including phenoxy) is 2. The molecule has 0 saturated heterocycles. The third-order valence-electron chi connectivity index (χ3n) is 4.95. The van der Waals surface area contributed by atoms with E-state index in [1.54, 1.807) is 0 Å². The van der Waals surface area contributed by atoms with E-state index in [-0.39, 0.29) is 61.9 Å². The minimum absolute atomic E-state index is 0.0000616. The molecule has 0 fully saturated rings. The number of hydrogen-bond acceptors (Lipinski definition) is 8. The van der Waals surface area contributed by atoms with Crippen LogP contribution in [0.1, 0.15) is 47.5 Å². The zero-order valence-electron chi connectivity index (χ0n) is 22.4. The summed E-state index contributed by atoms with van der Waals surface area (Å²) in [5.41, 5.74) is 0.259. The zero-order chi connectivity index (χ0) is 28.6. The third-order valence-corrected chi connectivity index (χ3v) is 4.95. The summed E-state index contributed by atoms with van der Waals surface area (Å²) in [7, 11) is 0. The number of amides is 4. The van der Waals surface area contributed by atoms with Gasteiger partial charge in [-0.05, 0) is 38.0 Å². The van der Waals surface area contributed by atoms with Crippen LogP contribution < -0.4 is 21.3 Å². The summed E-state index contributed by atoms with van der Waals surface area (Å²) in [6.07, 6.45) is 1.26. The molecule has 0 aliphatic carbocycles. The summed E-state index contributed by atoms with van der Waals surface area (Å²) < 4.78 is 9.66. The van der Waals surface area contributed by atoms with E-state index in [0.29, 0.717) is 12.8 Å². The van der Waals surface area contributed by atoms with Crippen molar-refractivity contribution in [3.63, 3.8) is 0 Å². The number of rotatable bonds is 15. The van der Waals surface area contributed by atoms with Crippen LogP contribution in [0.5, 0.6) is 0 Å². The Morgan fingerprint density at radius 1 is 0.703 bits per heavy atom. The first kappa shape index (κ1) is 33.3. The molecule has 4 N–H and O–H groups in total. The predicted molar refractivity (Wildman–Crippen MR) is 136 cm³/mol. The van der Waals surface area contributed by atoms with Crippen molar-refractivity contribution in [1.82, 2.24) is 21.3 Å². The van der Waals surface area contributed by atoms with Crippen LogP contribution in [0.4, 0.5) is 0 Å². The van der Waals surface area contributed by atoms with Gasteiger partial charge in [-0.25, -0.2) is 9.59 Å². The van der Waals surface area contributed by atoms with Gasteiger partial charge in [0, 0.05) is 24.2 Å². The predicted octanol–water partition coefficient (Wildman–Crippen LogP) is 0.132. The van der Waals surface area contributed by atoms with Crippen molar-refractivity contribution in [1.29, 1.82) is 0 Å². The SMILES string of the molecule is C=C(C)C(=O)OCCNC(=O)C(=O)NCCC(C)(C)CC(C)CNC(=O)C(=O)NCCOC(=O)C(=C)C. The summed E-state index contributed by atoms with van der Waals surface area (Å²) in [6, 6.07) is 0. The van der Waals surface area contributed by atoms with Gasteiger partial charge in [0.05, 0.1) is 13.1 Å². The first-order valence-corrected chi connectivity index (χ1v) is 11.9. The molecule has 0 aliphatic rings. The third kappa shape index (κ3) is 15.8. The molecule has 1 unspecified atom stereocenters. The highest BCUT2D eigenvalue weighted by Crippen LogP contribution is 2.28. The Morgan fingerprint density at radius 3 is 1.49 bits per heavy atom. The molecule has 0 aromatic rings. The fraction of sp³-hybridized carbons (Fsp3) is 0.600. The normalized spacial score (nSPS) is 11.4. The van der Waals surface area contributed by atoms with Crippen molar-refractivity contribution in [2.45, 2.75) is 47.5 Å². The standard InChI is InChI=1S/C25H40N4O8/c1-16(2)23(34)36-12-10-27-20(31)19(30)26-9-8-25(6,7)14-18(5)15-29-22(33)21(32)28-11-13-37-24(35)17(3)4/h18H,1,3,8-15H2,2,4-7H3,(H,26,30)(H,27,31)(H,28,32)(H,29,33). The summed E-state index contributed by atoms with van der Waals surface area (Å²) >= 11 is 0. The van der Waals surface area contributed by atoms with Crippen LogP contribution in [0.25, 0.3) is 0 Å². The number of carbonyl (C=O) groups excluding carboxylic acids is 6. The van der Waals surface area contributed by atoms with E-state index in [0.717, 1.165) is 0 Å². The minimum atomic E-state index is -0.826. The van der Waals surface area contributed by atoms with Crippen LogP contribution >= 0.6 is 0 Å². The summed E-state index contributed by atoms with van der Waals surface area (Å²) in [4.78, 5) is 70.1. The van der Waals surface area contributed by atoms with Gasteiger partial charge < -0.3 is 30.7 Å². The average Bonchev–Trinajstić information content (AvgIpc) is 2.81. The molecule has 12 heteroatoms. The molecule has 208 valence electrons. The highest BCUT2D eigenvalue weighted by Gasteiger charge is 2.23. The highest BCUT2D eigenvalue weighted by molar-refractivity contribution is 6.35. The van der Waals surface area contributed by atoms with Gasteiger partial charge in [0.1, 0.15) is 13.2 Å². The lowest BCUT2D eigenvalue weighted by atomic mass is 9.80. The fourth-order valence-corrected chi connectivity index (χ4v) is 3.08. The quantitative estimate of drug-likeness (QED) is 0.101. The Balaban J connectivity index is 4.18. The Bertz CT molecular complexity index is 882. The Labute approximate surface area is 218 Å². The summed E-state index contributed by atoms with van der Waals surface area (Å²) in [5.74, 6) is -4.34. The van der Waals surface area contributed by atoms with Gasteiger partial charge in [-0.1, -0.05) is 33.9 Å². The minimum Gasteiger partial charge on any atom is -0.460 e. The van der Waals surface area contributed by atoms with Crippen molar-refractivity contribution in [2.24, 2.45) is 11.3 Å². The van der Waals surface area contributed by atoms with Gasteiger partial charge >= 0.3 is 35.6 Å². The Kier molecular flexibility index (Phi) is 15.2. The summed E-state index contributed by atoms with van der Waals surface area (Å²) in [5, 5.41) is 9.85. The van der Waals surface area contributed by atoms with Crippen LogP contribution in [0.2, 0.25) is 0 Å². The molecule has 0 radical (unpaired) electrons. The molecule has 37 heavy (non-hydrogen) atoms. The molecule has 0 aromatic carbocycles. The van der Waals surface area contributed by atoms with Crippen LogP contribution in [0, 0.1) is 11.3 Å². The molecule has 0 saturated carbocycles. The second-order valence-electron chi connectivity index (χ2n) is 9.53. The van der Waals surface area contributed by atoms with Crippen LogP contribution in [0.15, 0.2) is 24.3 Å². The Hall–Kier alpha value is -3.70. The molecule has 0 rings (SSSR count). The smallest absolute Gasteiger partial charge is 0.333 e. The molecule has 1 atom stereocenters. The molecule has 0 heterocycles. The van der Waals surface area contributed by atoms with E-state index in [2.05, 4.69) is 34.4 Å². The Morgan fingerprint density at radius 2 is 1.08 bits per heavy atom. The van der Waals surface area contributed by atoms with Crippen molar-refractivity contribution in [2.75, 3.05) is 39.4 Å². The van der Waals surface area contributed by atoms with Gasteiger partial charge in [-0.2, -0.15) is 0 Å². The van der Waals surface area contributed by atoms with E-state index in [1.165, 1.54) is 13.8 Å².